The van der Waals surface area contributed by atoms with Gasteiger partial charge in [-0.05, 0) is 30.2 Å². The van der Waals surface area contributed by atoms with Gasteiger partial charge in [-0.2, -0.15) is 0 Å². The van der Waals surface area contributed by atoms with Crippen molar-refractivity contribution in [1.82, 2.24) is 10.3 Å². The molecule has 3 N–H and O–H groups in total. The average molecular weight is 218 g/mol. The van der Waals surface area contributed by atoms with Crippen LogP contribution in [0.5, 0.6) is 5.75 Å². The number of fused-ring (bicyclic) bond motifs is 1. The number of rotatable bonds is 3. The van der Waals surface area contributed by atoms with E-state index in [-0.39, 0.29) is 11.7 Å². The number of carbonyl (C=O) groups is 1. The number of aromatic hydroxyl groups is 1. The van der Waals surface area contributed by atoms with Crippen molar-refractivity contribution in [3.63, 3.8) is 0 Å². The van der Waals surface area contributed by atoms with Crippen molar-refractivity contribution in [3.05, 3.63) is 30.0 Å². The molecule has 2 aromatic rings. The zero-order chi connectivity index (χ0) is 11.5. The molecule has 16 heavy (non-hydrogen) atoms. The van der Waals surface area contributed by atoms with Gasteiger partial charge in [0.1, 0.15) is 5.75 Å². The van der Waals surface area contributed by atoms with Gasteiger partial charge >= 0.3 is 0 Å². The van der Waals surface area contributed by atoms with Crippen molar-refractivity contribution in [2.75, 3.05) is 6.54 Å². The molecule has 0 radical (unpaired) electrons. The molecule has 0 saturated heterocycles. The third-order valence-electron chi connectivity index (χ3n) is 2.49. The molecule has 0 aliphatic rings. The highest BCUT2D eigenvalue weighted by Gasteiger charge is 2.04. The zero-order valence-electron chi connectivity index (χ0n) is 9.08. The van der Waals surface area contributed by atoms with E-state index >= 15 is 0 Å². The van der Waals surface area contributed by atoms with Crippen LogP contribution in [0.25, 0.3) is 10.9 Å². The SMILES string of the molecule is CC(=O)NCCc1cc(O)cc2cc[nH]c12. The molecule has 84 valence electrons. The summed E-state index contributed by atoms with van der Waals surface area (Å²) in [5, 5.41) is 13.3. The second-order valence-corrected chi connectivity index (χ2v) is 3.78. The zero-order valence-corrected chi connectivity index (χ0v) is 9.08. The first-order valence-corrected chi connectivity index (χ1v) is 5.20. The fourth-order valence-corrected chi connectivity index (χ4v) is 1.80. The van der Waals surface area contributed by atoms with Crippen LogP contribution in [0.2, 0.25) is 0 Å². The van der Waals surface area contributed by atoms with Gasteiger partial charge in [0.25, 0.3) is 0 Å². The molecule has 4 heteroatoms. The fraction of sp³-hybridized carbons (Fsp3) is 0.250. The van der Waals surface area contributed by atoms with Gasteiger partial charge in [0.2, 0.25) is 5.91 Å². The summed E-state index contributed by atoms with van der Waals surface area (Å²) < 4.78 is 0. The molecule has 0 unspecified atom stereocenters. The molecule has 0 fully saturated rings. The molecule has 4 nitrogen and oxygen atoms in total. The number of benzene rings is 1. The normalized spacial score (nSPS) is 10.6. The first-order chi connectivity index (χ1) is 7.66. The van der Waals surface area contributed by atoms with E-state index in [1.54, 1.807) is 12.1 Å². The molecule has 1 amide bonds. The topological polar surface area (TPSA) is 65.1 Å². The van der Waals surface area contributed by atoms with Crippen molar-refractivity contribution in [1.29, 1.82) is 0 Å². The molecule has 1 aromatic carbocycles. The lowest BCUT2D eigenvalue weighted by molar-refractivity contribution is -0.118. The van der Waals surface area contributed by atoms with E-state index < -0.39 is 0 Å². The monoisotopic (exact) mass is 218 g/mol. The fourth-order valence-electron chi connectivity index (χ4n) is 1.80. The van der Waals surface area contributed by atoms with E-state index in [0.717, 1.165) is 16.5 Å². The Bertz CT molecular complexity index is 517. The lowest BCUT2D eigenvalue weighted by Gasteiger charge is -2.05. The maximum absolute atomic E-state index is 10.7. The van der Waals surface area contributed by atoms with Crippen molar-refractivity contribution >= 4 is 16.8 Å². The van der Waals surface area contributed by atoms with E-state index in [1.165, 1.54) is 6.92 Å². The van der Waals surface area contributed by atoms with Gasteiger partial charge in [0.05, 0.1) is 0 Å². The van der Waals surface area contributed by atoms with E-state index in [2.05, 4.69) is 10.3 Å². The van der Waals surface area contributed by atoms with Crippen LogP contribution in [0, 0.1) is 0 Å². The second-order valence-electron chi connectivity index (χ2n) is 3.78. The Labute approximate surface area is 93.3 Å². The van der Waals surface area contributed by atoms with Crippen LogP contribution >= 0.6 is 0 Å². The maximum atomic E-state index is 10.7. The van der Waals surface area contributed by atoms with E-state index in [9.17, 15) is 9.90 Å². The van der Waals surface area contributed by atoms with E-state index in [0.29, 0.717) is 13.0 Å². The first kappa shape index (κ1) is 10.5. The largest absolute Gasteiger partial charge is 0.508 e. The van der Waals surface area contributed by atoms with Crippen LogP contribution < -0.4 is 5.32 Å². The Balaban J connectivity index is 2.22. The van der Waals surface area contributed by atoms with Crippen molar-refractivity contribution in [3.8, 4) is 5.75 Å². The summed E-state index contributed by atoms with van der Waals surface area (Å²) in [4.78, 5) is 13.9. The number of hydrogen-bond donors (Lipinski definition) is 3. The molecule has 0 saturated carbocycles. The Hall–Kier alpha value is -1.97. The van der Waals surface area contributed by atoms with Gasteiger partial charge in [-0.3, -0.25) is 4.79 Å². The van der Waals surface area contributed by atoms with Gasteiger partial charge in [-0.15, -0.1) is 0 Å². The van der Waals surface area contributed by atoms with Gasteiger partial charge in [-0.25, -0.2) is 0 Å². The third-order valence-corrected chi connectivity index (χ3v) is 2.49. The Kier molecular flexibility index (Phi) is 2.81. The van der Waals surface area contributed by atoms with Crippen LogP contribution in [0.15, 0.2) is 24.4 Å². The number of phenolic OH excluding ortho intramolecular Hbond substituents is 1. The van der Waals surface area contributed by atoms with Gasteiger partial charge in [0, 0.05) is 30.6 Å². The Morgan fingerprint density at radius 2 is 2.31 bits per heavy atom. The summed E-state index contributed by atoms with van der Waals surface area (Å²) in [5.74, 6) is 0.216. The molecule has 0 aliphatic heterocycles. The molecule has 0 aliphatic carbocycles. The maximum Gasteiger partial charge on any atom is 0.216 e. The molecular weight excluding hydrogens is 204 g/mol. The number of aromatic nitrogens is 1. The van der Waals surface area contributed by atoms with E-state index in [4.69, 9.17) is 0 Å². The number of nitrogens with one attached hydrogen (secondary N) is 2. The Morgan fingerprint density at radius 3 is 3.06 bits per heavy atom. The summed E-state index contributed by atoms with van der Waals surface area (Å²) in [6.07, 6.45) is 2.54. The first-order valence-electron chi connectivity index (χ1n) is 5.20. The quantitative estimate of drug-likeness (QED) is 0.731. The number of carbonyl (C=O) groups excluding carboxylic acids is 1. The highest BCUT2D eigenvalue weighted by molar-refractivity contribution is 5.84. The standard InChI is InChI=1S/C12H14N2O2/c1-8(15)13-4-2-9-6-11(16)7-10-3-5-14-12(9)10/h3,5-7,14,16H,2,4H2,1H3,(H,13,15). The predicted molar refractivity (Wildman–Crippen MR) is 62.4 cm³/mol. The molecular formula is C12H14N2O2. The van der Waals surface area contributed by atoms with Gasteiger partial charge in [0.15, 0.2) is 0 Å². The number of hydrogen-bond acceptors (Lipinski definition) is 2. The predicted octanol–water partition coefficient (Wildman–Crippen LogP) is 1.55. The molecule has 0 spiro atoms. The second kappa shape index (κ2) is 4.26. The van der Waals surface area contributed by atoms with Crippen LogP contribution in [0.3, 0.4) is 0 Å². The molecule has 0 bridgehead atoms. The smallest absolute Gasteiger partial charge is 0.216 e. The van der Waals surface area contributed by atoms with Crippen LogP contribution in [-0.2, 0) is 11.2 Å². The van der Waals surface area contributed by atoms with Crippen LogP contribution in [0.4, 0.5) is 0 Å². The minimum Gasteiger partial charge on any atom is -0.508 e. The van der Waals surface area contributed by atoms with Gasteiger partial charge < -0.3 is 15.4 Å². The van der Waals surface area contributed by atoms with Crippen LogP contribution in [0.1, 0.15) is 12.5 Å². The summed E-state index contributed by atoms with van der Waals surface area (Å²) >= 11 is 0. The average Bonchev–Trinajstić information content (AvgIpc) is 2.64. The van der Waals surface area contributed by atoms with Crippen molar-refractivity contribution in [2.24, 2.45) is 0 Å². The molecule has 0 atom stereocenters. The molecule has 1 heterocycles. The summed E-state index contributed by atoms with van der Waals surface area (Å²) in [5.41, 5.74) is 2.02. The lowest BCUT2D eigenvalue weighted by atomic mass is 10.1. The number of phenols is 1. The molecule has 2 rings (SSSR count). The summed E-state index contributed by atoms with van der Waals surface area (Å²) in [7, 11) is 0. The van der Waals surface area contributed by atoms with Gasteiger partial charge in [-0.1, -0.05) is 0 Å². The van der Waals surface area contributed by atoms with Crippen molar-refractivity contribution < 1.29 is 9.90 Å². The highest BCUT2D eigenvalue weighted by atomic mass is 16.3. The summed E-state index contributed by atoms with van der Waals surface area (Å²) in [6.45, 7) is 2.07. The highest BCUT2D eigenvalue weighted by Crippen LogP contribution is 2.23. The number of amides is 1. The number of aromatic amines is 1. The van der Waals surface area contributed by atoms with Crippen molar-refractivity contribution in [2.45, 2.75) is 13.3 Å². The third kappa shape index (κ3) is 2.16. The Morgan fingerprint density at radius 1 is 1.50 bits per heavy atom. The lowest BCUT2D eigenvalue weighted by Crippen LogP contribution is -2.22. The summed E-state index contributed by atoms with van der Waals surface area (Å²) in [6, 6.07) is 5.35. The minimum atomic E-state index is -0.0390. The number of H-pyrrole nitrogens is 1. The van der Waals surface area contributed by atoms with E-state index in [1.807, 2.05) is 12.3 Å². The van der Waals surface area contributed by atoms with Crippen LogP contribution in [-0.4, -0.2) is 22.5 Å². The molecule has 1 aromatic heterocycles. The minimum absolute atomic E-state index is 0.0390.